The van der Waals surface area contributed by atoms with Crippen molar-refractivity contribution < 1.29 is 14.0 Å². The van der Waals surface area contributed by atoms with Crippen LogP contribution in [0.4, 0.5) is 15.8 Å². The molecule has 0 radical (unpaired) electrons. The fourth-order valence-electron chi connectivity index (χ4n) is 4.15. The summed E-state index contributed by atoms with van der Waals surface area (Å²) in [5.41, 5.74) is 4.01. The van der Waals surface area contributed by atoms with Gasteiger partial charge in [0, 0.05) is 31.0 Å². The average molecular weight is 458 g/mol. The summed E-state index contributed by atoms with van der Waals surface area (Å²) in [6.07, 6.45) is 0.450. The van der Waals surface area contributed by atoms with Crippen LogP contribution in [-0.4, -0.2) is 36.3 Å². The molecule has 1 aliphatic heterocycles. The molecule has 0 fully saturated rings. The number of anilines is 2. The molecule has 5 nitrogen and oxygen atoms in total. The zero-order chi connectivity index (χ0) is 24.1. The van der Waals surface area contributed by atoms with E-state index in [-0.39, 0.29) is 29.9 Å². The number of carbonyl (C=O) groups is 2. The molecule has 0 saturated heterocycles. The van der Waals surface area contributed by atoms with Crippen molar-refractivity contribution >= 4 is 28.8 Å². The molecule has 3 aromatic carbocycles. The molecule has 174 valence electrons. The van der Waals surface area contributed by atoms with Gasteiger partial charge in [0.25, 0.3) is 11.8 Å². The number of hydrogen-bond acceptors (Lipinski definition) is 4. The van der Waals surface area contributed by atoms with Crippen LogP contribution in [0.1, 0.15) is 25.0 Å². The standard InChI is InChI=1S/C28H28FN3O2/c1-3-31(4-2)24-16-14-23(15-17-24)30-26-25(21-8-6-5-7-9-21)27(33)32(28(26)34)19-18-20-10-12-22(29)13-11-20/h5-17,30H,3-4,18-19H2,1-2H3. The number of amides is 2. The van der Waals surface area contributed by atoms with Crippen molar-refractivity contribution in [2.24, 2.45) is 0 Å². The molecule has 0 bridgehead atoms. The Labute approximate surface area is 199 Å². The van der Waals surface area contributed by atoms with Crippen molar-refractivity contribution in [1.82, 2.24) is 4.90 Å². The third-order valence-corrected chi connectivity index (χ3v) is 6.03. The minimum atomic E-state index is -0.362. The average Bonchev–Trinajstić information content (AvgIpc) is 3.09. The summed E-state index contributed by atoms with van der Waals surface area (Å²) in [5, 5.41) is 3.21. The van der Waals surface area contributed by atoms with Gasteiger partial charge in [-0.15, -0.1) is 0 Å². The highest BCUT2D eigenvalue weighted by molar-refractivity contribution is 6.36. The van der Waals surface area contributed by atoms with Crippen molar-refractivity contribution in [3.63, 3.8) is 0 Å². The molecule has 1 heterocycles. The summed E-state index contributed by atoms with van der Waals surface area (Å²) in [6, 6.07) is 23.2. The van der Waals surface area contributed by atoms with Gasteiger partial charge in [-0.2, -0.15) is 0 Å². The smallest absolute Gasteiger partial charge is 0.278 e. The van der Waals surface area contributed by atoms with Crippen LogP contribution in [-0.2, 0) is 16.0 Å². The van der Waals surface area contributed by atoms with Gasteiger partial charge in [-0.05, 0) is 67.8 Å². The summed E-state index contributed by atoms with van der Waals surface area (Å²) in [7, 11) is 0. The SMILES string of the molecule is CCN(CC)c1ccc(NC2=C(c3ccccc3)C(=O)N(CCc3ccc(F)cc3)C2=O)cc1. The lowest BCUT2D eigenvalue weighted by atomic mass is 10.0. The largest absolute Gasteiger partial charge is 0.372 e. The molecule has 34 heavy (non-hydrogen) atoms. The Hall–Kier alpha value is -3.93. The normalized spacial score (nSPS) is 13.6. The molecule has 0 spiro atoms. The van der Waals surface area contributed by atoms with Gasteiger partial charge in [-0.3, -0.25) is 14.5 Å². The molecule has 2 amide bonds. The van der Waals surface area contributed by atoms with E-state index in [4.69, 9.17) is 0 Å². The van der Waals surface area contributed by atoms with Crippen LogP contribution in [0, 0.1) is 5.82 Å². The van der Waals surface area contributed by atoms with Crippen LogP contribution < -0.4 is 10.2 Å². The lowest BCUT2D eigenvalue weighted by Gasteiger charge is -2.21. The lowest BCUT2D eigenvalue weighted by molar-refractivity contribution is -0.136. The molecule has 0 aliphatic carbocycles. The number of hydrogen-bond donors (Lipinski definition) is 1. The van der Waals surface area contributed by atoms with E-state index < -0.39 is 0 Å². The third kappa shape index (κ3) is 4.86. The topological polar surface area (TPSA) is 52.7 Å². The number of carbonyl (C=O) groups excluding carboxylic acids is 2. The Kier molecular flexibility index (Phi) is 7.07. The maximum Gasteiger partial charge on any atom is 0.278 e. The van der Waals surface area contributed by atoms with Gasteiger partial charge >= 0.3 is 0 Å². The molecule has 0 unspecified atom stereocenters. The number of rotatable bonds is 9. The highest BCUT2D eigenvalue weighted by Gasteiger charge is 2.38. The molecule has 6 heteroatoms. The van der Waals surface area contributed by atoms with Crippen LogP contribution in [0.25, 0.3) is 5.57 Å². The number of benzene rings is 3. The van der Waals surface area contributed by atoms with Crippen molar-refractivity contribution in [2.75, 3.05) is 29.9 Å². The summed E-state index contributed by atoms with van der Waals surface area (Å²) in [4.78, 5) is 30.2. The molecular weight excluding hydrogens is 429 g/mol. The zero-order valence-electron chi connectivity index (χ0n) is 19.4. The maximum absolute atomic E-state index is 13.4. The Morgan fingerprint density at radius 3 is 2.09 bits per heavy atom. The van der Waals surface area contributed by atoms with E-state index in [0.29, 0.717) is 17.6 Å². The maximum atomic E-state index is 13.4. The number of imide groups is 1. The van der Waals surface area contributed by atoms with Crippen LogP contribution >= 0.6 is 0 Å². The molecule has 1 aliphatic rings. The Morgan fingerprint density at radius 1 is 0.824 bits per heavy atom. The summed E-state index contributed by atoms with van der Waals surface area (Å²) < 4.78 is 13.2. The predicted octanol–water partition coefficient (Wildman–Crippen LogP) is 5.11. The molecule has 1 N–H and O–H groups in total. The molecule has 0 aromatic heterocycles. The van der Waals surface area contributed by atoms with E-state index >= 15 is 0 Å². The predicted molar refractivity (Wildman–Crippen MR) is 134 cm³/mol. The quantitative estimate of drug-likeness (QED) is 0.454. The Balaban J connectivity index is 1.60. The second-order valence-electron chi connectivity index (χ2n) is 8.10. The van der Waals surface area contributed by atoms with E-state index in [2.05, 4.69) is 24.1 Å². The fraction of sp³-hybridized carbons (Fsp3) is 0.214. The van der Waals surface area contributed by atoms with Gasteiger partial charge in [-0.1, -0.05) is 42.5 Å². The second kappa shape index (κ2) is 10.3. The van der Waals surface area contributed by atoms with Crippen molar-refractivity contribution in [1.29, 1.82) is 0 Å². The molecular formula is C28H28FN3O2. The van der Waals surface area contributed by atoms with Gasteiger partial charge in [-0.25, -0.2) is 4.39 Å². The number of halogens is 1. The van der Waals surface area contributed by atoms with Gasteiger partial charge in [0.15, 0.2) is 0 Å². The summed E-state index contributed by atoms with van der Waals surface area (Å²) >= 11 is 0. The first-order chi connectivity index (χ1) is 16.5. The van der Waals surface area contributed by atoms with E-state index in [0.717, 1.165) is 30.0 Å². The van der Waals surface area contributed by atoms with Crippen molar-refractivity contribution in [2.45, 2.75) is 20.3 Å². The fourth-order valence-corrected chi connectivity index (χ4v) is 4.15. The Morgan fingerprint density at radius 2 is 1.47 bits per heavy atom. The van der Waals surface area contributed by atoms with Crippen LogP contribution in [0.3, 0.4) is 0 Å². The zero-order valence-corrected chi connectivity index (χ0v) is 19.4. The van der Waals surface area contributed by atoms with Gasteiger partial charge in [0.2, 0.25) is 0 Å². The summed E-state index contributed by atoms with van der Waals surface area (Å²) in [6.45, 7) is 6.24. The van der Waals surface area contributed by atoms with Gasteiger partial charge in [0.05, 0.1) is 5.57 Å². The monoisotopic (exact) mass is 457 g/mol. The first-order valence-electron chi connectivity index (χ1n) is 11.5. The van der Waals surface area contributed by atoms with Crippen molar-refractivity contribution in [3.8, 4) is 0 Å². The van der Waals surface area contributed by atoms with Gasteiger partial charge < -0.3 is 10.2 Å². The van der Waals surface area contributed by atoms with Gasteiger partial charge in [0.1, 0.15) is 11.5 Å². The number of nitrogens with one attached hydrogen (secondary N) is 1. The van der Waals surface area contributed by atoms with E-state index in [9.17, 15) is 14.0 Å². The number of nitrogens with zero attached hydrogens (tertiary/aromatic N) is 2. The van der Waals surface area contributed by atoms with Crippen LogP contribution in [0.2, 0.25) is 0 Å². The molecule has 4 rings (SSSR count). The van der Waals surface area contributed by atoms with Crippen molar-refractivity contribution in [3.05, 3.63) is 102 Å². The van der Waals surface area contributed by atoms with Crippen LogP contribution in [0.5, 0.6) is 0 Å². The molecule has 0 saturated carbocycles. The van der Waals surface area contributed by atoms with E-state index in [1.165, 1.54) is 17.0 Å². The highest BCUT2D eigenvalue weighted by Crippen LogP contribution is 2.31. The van der Waals surface area contributed by atoms with E-state index in [1.807, 2.05) is 54.6 Å². The van der Waals surface area contributed by atoms with Crippen LogP contribution in [0.15, 0.2) is 84.6 Å². The minimum absolute atomic E-state index is 0.214. The lowest BCUT2D eigenvalue weighted by Crippen LogP contribution is -2.34. The summed E-state index contributed by atoms with van der Waals surface area (Å²) in [5.74, 6) is -1.01. The second-order valence-corrected chi connectivity index (χ2v) is 8.10. The minimum Gasteiger partial charge on any atom is -0.372 e. The first-order valence-corrected chi connectivity index (χ1v) is 11.5. The highest BCUT2D eigenvalue weighted by atomic mass is 19.1. The molecule has 3 aromatic rings. The molecule has 0 atom stereocenters. The Bertz CT molecular complexity index is 1180. The van der Waals surface area contributed by atoms with E-state index in [1.54, 1.807) is 12.1 Å². The first kappa shape index (κ1) is 23.2. The third-order valence-electron chi connectivity index (χ3n) is 6.03.